The van der Waals surface area contributed by atoms with Gasteiger partial charge < -0.3 is 9.84 Å². The number of hydrogen-bond donors (Lipinski definition) is 1. The van der Waals surface area contributed by atoms with Gasteiger partial charge >= 0.3 is 6.09 Å². The Morgan fingerprint density at radius 3 is 2.33 bits per heavy atom. The lowest BCUT2D eigenvalue weighted by Crippen LogP contribution is -2.35. The van der Waals surface area contributed by atoms with E-state index in [2.05, 4.69) is 42.5 Å². The smallest absolute Gasteiger partial charge is 0.414 e. The largest absolute Gasteiger partial charge is 0.508 e. The molecule has 0 atom stereocenters. The highest BCUT2D eigenvalue weighted by Gasteiger charge is 2.28. The Labute approximate surface area is 179 Å². The average molecular weight is 406 g/mol. The van der Waals surface area contributed by atoms with Gasteiger partial charge in [-0.3, -0.25) is 4.90 Å². The highest BCUT2D eigenvalue weighted by Crippen LogP contribution is 2.31. The first-order valence-corrected chi connectivity index (χ1v) is 10.6. The first-order valence-electron chi connectivity index (χ1n) is 10.6. The second kappa shape index (κ2) is 9.66. The molecule has 0 aliphatic carbocycles. The first kappa shape index (κ1) is 21.7. The molecule has 0 radical (unpaired) electrons. The van der Waals surface area contributed by atoms with Gasteiger partial charge in [0.15, 0.2) is 0 Å². The molecule has 1 N–H and O–H groups in total. The van der Waals surface area contributed by atoms with E-state index in [1.165, 1.54) is 5.56 Å². The van der Waals surface area contributed by atoms with Gasteiger partial charge in [0.25, 0.3) is 0 Å². The molecule has 2 aromatic rings. The molecule has 1 aliphatic heterocycles. The number of fused-ring (bicyclic) bond motifs is 1. The van der Waals surface area contributed by atoms with Gasteiger partial charge in [-0.2, -0.15) is 0 Å². The van der Waals surface area contributed by atoms with Crippen molar-refractivity contribution in [2.45, 2.75) is 52.1 Å². The fourth-order valence-electron chi connectivity index (χ4n) is 3.38. The van der Waals surface area contributed by atoms with Gasteiger partial charge in [0, 0.05) is 6.54 Å². The molecule has 4 nitrogen and oxygen atoms in total. The Morgan fingerprint density at radius 1 is 1.03 bits per heavy atom. The summed E-state index contributed by atoms with van der Waals surface area (Å²) in [4.78, 5) is 14.2. The second-order valence-corrected chi connectivity index (χ2v) is 8.60. The number of carbonyl (C=O) groups excluding carboxylic acids is 1. The van der Waals surface area contributed by atoms with Gasteiger partial charge in [-0.15, -0.1) is 0 Å². The van der Waals surface area contributed by atoms with Crippen LogP contribution in [0.4, 0.5) is 10.5 Å². The Hall–Kier alpha value is -3.01. The Morgan fingerprint density at radius 2 is 1.67 bits per heavy atom. The lowest BCUT2D eigenvalue weighted by atomic mass is 10.1. The number of rotatable bonds is 6. The topological polar surface area (TPSA) is 49.8 Å². The van der Waals surface area contributed by atoms with Crippen LogP contribution in [0.3, 0.4) is 0 Å². The van der Waals surface area contributed by atoms with E-state index in [1.807, 2.05) is 32.9 Å². The summed E-state index contributed by atoms with van der Waals surface area (Å²) in [6, 6.07) is 13.5. The number of nitrogens with zero attached hydrogens (tertiary/aromatic N) is 1. The van der Waals surface area contributed by atoms with Crippen molar-refractivity contribution in [3.05, 3.63) is 71.3 Å². The maximum absolute atomic E-state index is 12.5. The van der Waals surface area contributed by atoms with E-state index >= 15 is 0 Å². The van der Waals surface area contributed by atoms with Gasteiger partial charge in [-0.05, 0) is 81.3 Å². The summed E-state index contributed by atoms with van der Waals surface area (Å²) in [5, 5.41) is 9.30. The van der Waals surface area contributed by atoms with Crippen molar-refractivity contribution >= 4 is 23.9 Å². The molecular weight excluding hydrogens is 374 g/mol. The third-order valence-electron chi connectivity index (χ3n) is 4.87. The minimum atomic E-state index is -0.492. The normalized spacial score (nSPS) is 13.9. The van der Waals surface area contributed by atoms with Gasteiger partial charge in [-0.25, -0.2) is 4.79 Å². The number of phenolic OH excluding ortho intramolecular Hbond substituents is 1. The van der Waals surface area contributed by atoms with E-state index < -0.39 is 5.60 Å². The molecule has 1 heterocycles. The second-order valence-electron chi connectivity index (χ2n) is 8.60. The quantitative estimate of drug-likeness (QED) is 0.552. The van der Waals surface area contributed by atoms with E-state index in [1.54, 1.807) is 17.0 Å². The lowest BCUT2D eigenvalue weighted by Gasteiger charge is -2.24. The zero-order valence-corrected chi connectivity index (χ0v) is 18.1. The molecule has 0 unspecified atom stereocenters. The van der Waals surface area contributed by atoms with Gasteiger partial charge in [0.1, 0.15) is 11.4 Å². The number of anilines is 1. The van der Waals surface area contributed by atoms with Gasteiger partial charge in [0.05, 0.1) is 5.69 Å². The predicted octanol–water partition coefficient (Wildman–Crippen LogP) is 6.59. The van der Waals surface area contributed by atoms with Crippen molar-refractivity contribution < 1.29 is 14.6 Å². The first-order chi connectivity index (χ1) is 14.3. The van der Waals surface area contributed by atoms with Gasteiger partial charge in [0.2, 0.25) is 0 Å². The van der Waals surface area contributed by atoms with Crippen LogP contribution in [0.1, 0.15) is 56.7 Å². The molecule has 0 bridgehead atoms. The van der Waals surface area contributed by atoms with Crippen LogP contribution in [-0.4, -0.2) is 23.3 Å². The van der Waals surface area contributed by atoms with E-state index in [4.69, 9.17) is 4.74 Å². The lowest BCUT2D eigenvalue weighted by molar-refractivity contribution is 0.0584. The summed E-state index contributed by atoms with van der Waals surface area (Å²) >= 11 is 0. The summed E-state index contributed by atoms with van der Waals surface area (Å²) in [5.74, 6) is 0.290. The minimum Gasteiger partial charge on any atom is -0.508 e. The van der Waals surface area contributed by atoms with Crippen LogP contribution in [0.25, 0.3) is 12.2 Å². The van der Waals surface area contributed by atoms with Crippen LogP contribution in [-0.2, 0) is 11.2 Å². The van der Waals surface area contributed by atoms with Crippen LogP contribution in [0.2, 0.25) is 0 Å². The molecular formula is C26H31NO3. The molecule has 30 heavy (non-hydrogen) atoms. The van der Waals surface area contributed by atoms with E-state index in [-0.39, 0.29) is 11.8 Å². The monoisotopic (exact) mass is 405 g/mol. The highest BCUT2D eigenvalue weighted by atomic mass is 16.6. The summed E-state index contributed by atoms with van der Waals surface area (Å²) in [6.45, 7) is 6.34. The Balaban J connectivity index is 1.50. The molecule has 0 saturated carbocycles. The zero-order chi connectivity index (χ0) is 21.6. The van der Waals surface area contributed by atoms with Crippen LogP contribution >= 0.6 is 0 Å². The zero-order valence-electron chi connectivity index (χ0n) is 18.1. The summed E-state index contributed by atoms with van der Waals surface area (Å²) in [6.07, 6.45) is 12.2. The summed E-state index contributed by atoms with van der Waals surface area (Å²) < 4.78 is 5.54. The number of carbonyl (C=O) groups is 1. The highest BCUT2D eigenvalue weighted by molar-refractivity contribution is 5.91. The molecule has 0 saturated heterocycles. The fraction of sp³-hybridized carbons (Fsp3) is 0.346. The number of phenols is 1. The Bertz CT molecular complexity index is 920. The maximum atomic E-state index is 12.5. The third kappa shape index (κ3) is 6.24. The number of allylic oxidation sites excluding steroid dienone is 2. The van der Waals surface area contributed by atoms with Gasteiger partial charge in [-0.1, -0.05) is 48.6 Å². The molecule has 1 amide bonds. The number of ether oxygens (including phenoxy) is 1. The number of benzene rings is 2. The number of aromatic hydroxyl groups is 1. The molecule has 0 fully saturated rings. The third-order valence-corrected chi connectivity index (χ3v) is 4.87. The summed E-state index contributed by atoms with van der Waals surface area (Å²) in [7, 11) is 0. The molecule has 158 valence electrons. The SMILES string of the molecule is CC(C)(C)OC(=O)N1CCc2ccc(/C=C/CCC/C=C/c3ccc(O)cc3)cc21. The molecule has 3 rings (SSSR count). The number of amides is 1. The molecule has 4 heteroatoms. The molecule has 2 aromatic carbocycles. The van der Waals surface area contributed by atoms with E-state index in [0.29, 0.717) is 6.54 Å². The Kier molecular flexibility index (Phi) is 6.99. The van der Waals surface area contributed by atoms with Crippen LogP contribution in [0, 0.1) is 0 Å². The van der Waals surface area contributed by atoms with Crippen LogP contribution in [0.5, 0.6) is 5.75 Å². The average Bonchev–Trinajstić information content (AvgIpc) is 3.11. The number of hydrogen-bond acceptors (Lipinski definition) is 3. The molecule has 0 aromatic heterocycles. The predicted molar refractivity (Wildman–Crippen MR) is 124 cm³/mol. The summed E-state index contributed by atoms with van der Waals surface area (Å²) in [5.41, 5.74) is 3.86. The van der Waals surface area contributed by atoms with Crippen LogP contribution < -0.4 is 4.90 Å². The van der Waals surface area contributed by atoms with E-state index in [9.17, 15) is 9.90 Å². The van der Waals surface area contributed by atoms with Crippen molar-refractivity contribution in [2.75, 3.05) is 11.4 Å². The van der Waals surface area contributed by atoms with Crippen LogP contribution in [0.15, 0.2) is 54.6 Å². The van der Waals surface area contributed by atoms with Crippen molar-refractivity contribution in [1.82, 2.24) is 0 Å². The standard InChI is InChI=1S/C26H31NO3/c1-26(2,3)30-25(29)27-18-17-22-14-11-21(19-24(22)27)10-8-6-4-5-7-9-20-12-15-23(28)16-13-20/h7-16,19,28H,4-6,17-18H2,1-3H3/b9-7+,10-8+. The van der Waals surface area contributed by atoms with Crippen molar-refractivity contribution in [3.63, 3.8) is 0 Å². The van der Waals surface area contributed by atoms with Crippen molar-refractivity contribution in [1.29, 1.82) is 0 Å². The fourth-order valence-corrected chi connectivity index (χ4v) is 3.38. The maximum Gasteiger partial charge on any atom is 0.414 e. The minimum absolute atomic E-state index is 0.275. The van der Waals surface area contributed by atoms with E-state index in [0.717, 1.165) is 42.5 Å². The molecule has 1 aliphatic rings. The van der Waals surface area contributed by atoms with Crippen molar-refractivity contribution in [3.8, 4) is 5.75 Å². The van der Waals surface area contributed by atoms with Crippen molar-refractivity contribution in [2.24, 2.45) is 0 Å². The molecule has 0 spiro atoms. The number of unbranched alkanes of at least 4 members (excludes halogenated alkanes) is 2.